The Morgan fingerprint density at radius 1 is 1.19 bits per heavy atom. The second kappa shape index (κ2) is 7.56. The first kappa shape index (κ1) is 16.7. The van der Waals surface area contributed by atoms with Gasteiger partial charge in [-0.15, -0.1) is 0 Å². The van der Waals surface area contributed by atoms with E-state index in [1.54, 1.807) is 7.11 Å². The summed E-state index contributed by atoms with van der Waals surface area (Å²) in [7, 11) is 3.22. The van der Waals surface area contributed by atoms with E-state index >= 15 is 0 Å². The van der Waals surface area contributed by atoms with Crippen LogP contribution in [0.4, 0.5) is 0 Å². The van der Waals surface area contributed by atoms with E-state index in [0.717, 1.165) is 45.1 Å². The molecule has 0 saturated heterocycles. The largest absolute Gasteiger partial charge is 0.468 e. The number of nitrogens with one attached hydrogen (secondary N) is 1. The molecule has 0 heterocycles. The third kappa shape index (κ3) is 3.96. The highest BCUT2D eigenvalue weighted by Crippen LogP contribution is 2.41. The molecule has 2 saturated carbocycles. The lowest BCUT2D eigenvalue weighted by Gasteiger charge is -2.35. The standard InChI is InChI=1S/C16H29NO4/c1-4-17-16(12-8-9-12,15(18)20-3)11-21-14-7-5-6-13(10-14)19-2/h12-14,17H,4-11H2,1-3H3. The predicted molar refractivity (Wildman–Crippen MR) is 80.2 cm³/mol. The van der Waals surface area contributed by atoms with Gasteiger partial charge in [-0.25, -0.2) is 4.79 Å². The Kier molecular flexibility index (Phi) is 6.02. The van der Waals surface area contributed by atoms with Crippen molar-refractivity contribution >= 4 is 5.97 Å². The van der Waals surface area contributed by atoms with E-state index in [1.807, 2.05) is 6.92 Å². The molecule has 2 aliphatic carbocycles. The molecule has 2 aliphatic rings. The van der Waals surface area contributed by atoms with Crippen LogP contribution in [-0.2, 0) is 19.0 Å². The van der Waals surface area contributed by atoms with Crippen LogP contribution in [0.15, 0.2) is 0 Å². The van der Waals surface area contributed by atoms with Crippen LogP contribution in [0.1, 0.15) is 45.4 Å². The monoisotopic (exact) mass is 299 g/mol. The van der Waals surface area contributed by atoms with Crippen LogP contribution in [0.5, 0.6) is 0 Å². The molecule has 0 aromatic carbocycles. The number of hydrogen-bond acceptors (Lipinski definition) is 5. The zero-order valence-corrected chi connectivity index (χ0v) is 13.5. The zero-order chi connectivity index (χ0) is 15.3. The molecular weight excluding hydrogens is 270 g/mol. The van der Waals surface area contributed by atoms with Crippen molar-refractivity contribution in [3.8, 4) is 0 Å². The minimum absolute atomic E-state index is 0.185. The van der Waals surface area contributed by atoms with Crippen molar-refractivity contribution in [2.45, 2.75) is 63.2 Å². The van der Waals surface area contributed by atoms with Crippen LogP contribution in [0.25, 0.3) is 0 Å². The van der Waals surface area contributed by atoms with E-state index in [-0.39, 0.29) is 18.2 Å². The normalized spacial score (nSPS) is 28.9. The van der Waals surface area contributed by atoms with Crippen molar-refractivity contribution in [2.75, 3.05) is 27.4 Å². The maximum Gasteiger partial charge on any atom is 0.328 e. The minimum atomic E-state index is -0.663. The minimum Gasteiger partial charge on any atom is -0.468 e. The maximum atomic E-state index is 12.3. The summed E-state index contributed by atoms with van der Waals surface area (Å²) >= 11 is 0. The molecule has 122 valence electrons. The first-order valence-electron chi connectivity index (χ1n) is 8.14. The molecule has 5 heteroatoms. The van der Waals surface area contributed by atoms with Crippen LogP contribution in [0.3, 0.4) is 0 Å². The lowest BCUT2D eigenvalue weighted by atomic mass is 9.92. The topological polar surface area (TPSA) is 56.8 Å². The Labute approximate surface area is 127 Å². The van der Waals surface area contributed by atoms with Gasteiger partial charge >= 0.3 is 5.97 Å². The fraction of sp³-hybridized carbons (Fsp3) is 0.938. The van der Waals surface area contributed by atoms with E-state index in [2.05, 4.69) is 5.32 Å². The molecule has 0 amide bonds. The van der Waals surface area contributed by atoms with Gasteiger partial charge in [0.2, 0.25) is 0 Å². The van der Waals surface area contributed by atoms with Crippen molar-refractivity contribution in [1.29, 1.82) is 0 Å². The van der Waals surface area contributed by atoms with E-state index in [0.29, 0.717) is 12.5 Å². The summed E-state index contributed by atoms with van der Waals surface area (Å²) in [6.07, 6.45) is 6.81. The number of carbonyl (C=O) groups excluding carboxylic acids is 1. The van der Waals surface area contributed by atoms with Crippen LogP contribution in [0.2, 0.25) is 0 Å². The van der Waals surface area contributed by atoms with Gasteiger partial charge in [-0.3, -0.25) is 5.32 Å². The first-order valence-corrected chi connectivity index (χ1v) is 8.14. The summed E-state index contributed by atoms with van der Waals surface area (Å²) in [6.45, 7) is 3.15. The number of carbonyl (C=O) groups is 1. The lowest BCUT2D eigenvalue weighted by molar-refractivity contribution is -0.155. The van der Waals surface area contributed by atoms with Crippen LogP contribution < -0.4 is 5.32 Å². The average molecular weight is 299 g/mol. The van der Waals surface area contributed by atoms with Gasteiger partial charge in [-0.2, -0.15) is 0 Å². The highest BCUT2D eigenvalue weighted by Gasteiger charge is 2.52. The molecule has 2 fully saturated rings. The molecule has 2 rings (SSSR count). The Bertz CT molecular complexity index is 345. The second-order valence-corrected chi connectivity index (χ2v) is 6.22. The Hall–Kier alpha value is -0.650. The van der Waals surface area contributed by atoms with E-state index < -0.39 is 5.54 Å². The highest BCUT2D eigenvalue weighted by atomic mass is 16.5. The summed E-state index contributed by atoms with van der Waals surface area (Å²) < 4.78 is 16.6. The van der Waals surface area contributed by atoms with E-state index in [9.17, 15) is 4.79 Å². The van der Waals surface area contributed by atoms with Crippen molar-refractivity contribution in [1.82, 2.24) is 5.32 Å². The number of rotatable bonds is 8. The molecule has 21 heavy (non-hydrogen) atoms. The Morgan fingerprint density at radius 3 is 2.48 bits per heavy atom. The van der Waals surface area contributed by atoms with Gasteiger partial charge in [0, 0.05) is 7.11 Å². The zero-order valence-electron chi connectivity index (χ0n) is 13.5. The number of methoxy groups -OCH3 is 2. The van der Waals surface area contributed by atoms with Gasteiger partial charge in [0.05, 0.1) is 25.9 Å². The molecule has 0 radical (unpaired) electrons. The maximum absolute atomic E-state index is 12.3. The summed E-state index contributed by atoms with van der Waals surface area (Å²) in [4.78, 5) is 12.3. The molecule has 1 N–H and O–H groups in total. The molecule has 0 bridgehead atoms. The molecule has 0 spiro atoms. The quantitative estimate of drug-likeness (QED) is 0.694. The smallest absolute Gasteiger partial charge is 0.328 e. The van der Waals surface area contributed by atoms with Gasteiger partial charge in [-0.05, 0) is 51.0 Å². The van der Waals surface area contributed by atoms with Crippen molar-refractivity contribution in [3.05, 3.63) is 0 Å². The molecular formula is C16H29NO4. The lowest BCUT2D eigenvalue weighted by Crippen LogP contribution is -2.58. The first-order chi connectivity index (χ1) is 10.2. The summed E-state index contributed by atoms with van der Waals surface area (Å²) in [5.41, 5.74) is -0.663. The van der Waals surface area contributed by atoms with Crippen molar-refractivity contribution in [2.24, 2.45) is 5.92 Å². The van der Waals surface area contributed by atoms with E-state index in [1.165, 1.54) is 7.11 Å². The summed E-state index contributed by atoms with van der Waals surface area (Å²) in [6, 6.07) is 0. The molecule has 3 unspecified atom stereocenters. The average Bonchev–Trinajstić information content (AvgIpc) is 3.36. The van der Waals surface area contributed by atoms with Gasteiger partial charge in [0.1, 0.15) is 5.54 Å². The summed E-state index contributed by atoms with van der Waals surface area (Å²) in [5, 5.41) is 3.34. The number of hydrogen-bond donors (Lipinski definition) is 1. The second-order valence-electron chi connectivity index (χ2n) is 6.22. The van der Waals surface area contributed by atoms with E-state index in [4.69, 9.17) is 14.2 Å². The van der Waals surface area contributed by atoms with Crippen LogP contribution >= 0.6 is 0 Å². The fourth-order valence-corrected chi connectivity index (χ4v) is 3.40. The van der Waals surface area contributed by atoms with Crippen molar-refractivity contribution < 1.29 is 19.0 Å². The van der Waals surface area contributed by atoms with Crippen LogP contribution in [-0.4, -0.2) is 51.1 Å². The highest BCUT2D eigenvalue weighted by molar-refractivity contribution is 5.82. The van der Waals surface area contributed by atoms with Crippen molar-refractivity contribution in [3.63, 3.8) is 0 Å². The third-order valence-corrected chi connectivity index (χ3v) is 4.77. The summed E-state index contributed by atoms with van der Waals surface area (Å²) in [5.74, 6) is 0.151. The molecule has 5 nitrogen and oxygen atoms in total. The number of ether oxygens (including phenoxy) is 3. The van der Waals surface area contributed by atoms with Gasteiger partial charge in [-0.1, -0.05) is 6.92 Å². The SMILES string of the molecule is CCNC(COC1CCCC(OC)C1)(C(=O)OC)C1CC1. The molecule has 0 aliphatic heterocycles. The fourth-order valence-electron chi connectivity index (χ4n) is 3.40. The molecule has 0 aromatic rings. The van der Waals surface area contributed by atoms with Gasteiger partial charge in [0.25, 0.3) is 0 Å². The van der Waals surface area contributed by atoms with Gasteiger partial charge in [0.15, 0.2) is 0 Å². The molecule has 3 atom stereocenters. The third-order valence-electron chi connectivity index (χ3n) is 4.77. The van der Waals surface area contributed by atoms with Gasteiger partial charge < -0.3 is 14.2 Å². The van der Waals surface area contributed by atoms with Crippen LogP contribution in [0, 0.1) is 5.92 Å². The molecule has 0 aromatic heterocycles. The number of likely N-dealkylation sites (N-methyl/N-ethyl adjacent to an activating group) is 1. The predicted octanol–water partition coefficient (Wildman–Crippen LogP) is 1.89. The Balaban J connectivity index is 1.96. The Morgan fingerprint density at radius 2 is 1.90 bits per heavy atom. The number of esters is 1.